The Hall–Kier alpha value is -2.66. The summed E-state index contributed by atoms with van der Waals surface area (Å²) >= 11 is 7.23. The van der Waals surface area contributed by atoms with E-state index in [4.69, 9.17) is 21.1 Å². The number of halogens is 2. The van der Waals surface area contributed by atoms with Gasteiger partial charge in [0.15, 0.2) is 11.0 Å². The minimum absolute atomic E-state index is 0.0173. The highest BCUT2D eigenvalue weighted by atomic mass is 35.5. The van der Waals surface area contributed by atoms with Crippen LogP contribution in [0.15, 0.2) is 46.7 Å². The van der Waals surface area contributed by atoms with E-state index in [9.17, 15) is 23.6 Å². The molecule has 0 bridgehead atoms. The molecular formula is C21H17ClFNO6S2. The molecule has 0 amide bonds. The van der Waals surface area contributed by atoms with Crippen LogP contribution in [0.1, 0.15) is 16.8 Å². The highest BCUT2D eigenvalue weighted by molar-refractivity contribution is 7.88. The monoisotopic (exact) mass is 497 g/mol. The van der Waals surface area contributed by atoms with Gasteiger partial charge in [0.05, 0.1) is 18.9 Å². The van der Waals surface area contributed by atoms with Crippen LogP contribution in [0.3, 0.4) is 0 Å². The lowest BCUT2D eigenvalue weighted by Crippen LogP contribution is -2.18. The fourth-order valence-electron chi connectivity index (χ4n) is 3.09. The van der Waals surface area contributed by atoms with Crippen molar-refractivity contribution in [2.24, 2.45) is 0 Å². The van der Waals surface area contributed by atoms with Gasteiger partial charge in [0.25, 0.3) is 0 Å². The second-order valence-corrected chi connectivity index (χ2v) is 10.0. The van der Waals surface area contributed by atoms with Crippen LogP contribution in [0.2, 0.25) is 4.34 Å². The number of ether oxygens (including phenoxy) is 2. The molecule has 11 heteroatoms. The number of thiophene rings is 1. The number of esters is 1. The molecular weight excluding hydrogens is 481 g/mol. The fraction of sp³-hybridized carbons (Fsp3) is 0.190. The number of carbonyl (C=O) groups excluding carboxylic acids is 1. The van der Waals surface area contributed by atoms with E-state index >= 15 is 0 Å². The molecule has 0 spiro atoms. The van der Waals surface area contributed by atoms with E-state index < -0.39 is 22.8 Å². The molecule has 3 N–H and O–H groups in total. The maximum atomic E-state index is 13.6. The normalized spacial score (nSPS) is 16.6. The van der Waals surface area contributed by atoms with Crippen LogP contribution in [0.5, 0.6) is 11.5 Å². The molecule has 1 saturated heterocycles. The zero-order valence-corrected chi connectivity index (χ0v) is 18.7. The van der Waals surface area contributed by atoms with E-state index in [1.807, 2.05) is 0 Å². The Morgan fingerprint density at radius 2 is 2.00 bits per heavy atom. The van der Waals surface area contributed by atoms with Gasteiger partial charge in [0.1, 0.15) is 37.5 Å². The number of hydrogen-bond donors (Lipinski definition) is 3. The molecule has 168 valence electrons. The van der Waals surface area contributed by atoms with E-state index in [1.54, 1.807) is 0 Å². The van der Waals surface area contributed by atoms with Crippen LogP contribution in [-0.2, 0) is 20.5 Å². The molecule has 2 atom stereocenters. The Bertz CT molecular complexity index is 1200. The minimum Gasteiger partial charge on any atom is -0.507 e. The Morgan fingerprint density at radius 3 is 2.72 bits per heavy atom. The lowest BCUT2D eigenvalue weighted by Gasteiger charge is -2.12. The van der Waals surface area contributed by atoms with Crippen molar-refractivity contribution in [3.05, 3.63) is 58.2 Å². The molecule has 2 heterocycles. The zero-order chi connectivity index (χ0) is 22.8. The quantitative estimate of drug-likeness (QED) is 0.426. The second kappa shape index (κ2) is 9.45. The average Bonchev–Trinajstić information content (AvgIpc) is 3.39. The average molecular weight is 498 g/mol. The van der Waals surface area contributed by atoms with Crippen molar-refractivity contribution in [2.45, 2.75) is 16.7 Å². The zero-order valence-electron chi connectivity index (χ0n) is 16.3. The summed E-state index contributed by atoms with van der Waals surface area (Å²) in [5.41, 5.74) is 0.802. The minimum atomic E-state index is -1.77. The first-order valence-electron chi connectivity index (χ1n) is 9.40. The van der Waals surface area contributed by atoms with E-state index in [0.29, 0.717) is 35.1 Å². The third-order valence-electron chi connectivity index (χ3n) is 4.69. The Labute approximate surface area is 194 Å². The molecule has 1 aromatic heterocycles. The molecule has 2 aromatic carbocycles. The third kappa shape index (κ3) is 4.88. The number of phenolic OH excluding ortho intramolecular Hbond substituents is 2. The first-order valence-corrected chi connectivity index (χ1v) is 11.7. The summed E-state index contributed by atoms with van der Waals surface area (Å²) in [7, 11) is -1.77. The fourth-order valence-corrected chi connectivity index (χ4v) is 5.61. The lowest BCUT2D eigenvalue weighted by atomic mass is 10.1. The van der Waals surface area contributed by atoms with E-state index in [-0.39, 0.29) is 33.1 Å². The molecule has 3 aromatic rings. The Morgan fingerprint density at radius 1 is 1.19 bits per heavy atom. The van der Waals surface area contributed by atoms with E-state index in [2.05, 4.69) is 4.72 Å². The van der Waals surface area contributed by atoms with Crippen molar-refractivity contribution >= 4 is 45.6 Å². The number of carbonyl (C=O) groups is 1. The first-order chi connectivity index (χ1) is 15.3. The largest absolute Gasteiger partial charge is 0.507 e. The van der Waals surface area contributed by atoms with Gasteiger partial charge in [-0.25, -0.2) is 13.4 Å². The topological polar surface area (TPSA) is 105 Å². The molecule has 4 rings (SSSR count). The first kappa shape index (κ1) is 22.5. The molecule has 1 aliphatic rings. The molecule has 0 radical (unpaired) electrons. The van der Waals surface area contributed by atoms with Crippen molar-refractivity contribution in [1.82, 2.24) is 0 Å². The lowest BCUT2D eigenvalue weighted by molar-refractivity contribution is 0.0267. The Kier molecular flexibility index (Phi) is 6.66. The highest BCUT2D eigenvalue weighted by Crippen LogP contribution is 2.41. The van der Waals surface area contributed by atoms with Gasteiger partial charge in [-0.05, 0) is 36.4 Å². The number of hydrogen-bond acceptors (Lipinski definition) is 7. The van der Waals surface area contributed by atoms with Crippen LogP contribution < -0.4 is 4.72 Å². The second-order valence-electron chi connectivity index (χ2n) is 6.91. The highest BCUT2D eigenvalue weighted by Gasteiger charge is 2.23. The van der Waals surface area contributed by atoms with Gasteiger partial charge in [0, 0.05) is 23.6 Å². The number of nitrogens with one attached hydrogen (secondary N) is 1. The van der Waals surface area contributed by atoms with E-state index in [0.717, 1.165) is 23.5 Å². The standard InChI is InChI=1S/C21H17ClFNO6S2/c22-20-16(15-7-11(23)1-4-17(15)25)9-19(31-20)32(28)24-12-2-3-14(18(26)8-12)21(27)30-13-5-6-29-10-13/h1-4,7-9,13,24-26H,5-6,10H2. The van der Waals surface area contributed by atoms with E-state index in [1.165, 1.54) is 30.3 Å². The van der Waals surface area contributed by atoms with Crippen molar-refractivity contribution < 1.29 is 33.1 Å². The summed E-state index contributed by atoms with van der Waals surface area (Å²) in [6, 6.07) is 9.05. The van der Waals surface area contributed by atoms with Crippen molar-refractivity contribution in [2.75, 3.05) is 17.9 Å². The van der Waals surface area contributed by atoms with Gasteiger partial charge in [0.2, 0.25) is 0 Å². The molecule has 32 heavy (non-hydrogen) atoms. The third-order valence-corrected chi connectivity index (χ3v) is 7.45. The van der Waals surface area contributed by atoms with Crippen LogP contribution in [-0.4, -0.2) is 39.7 Å². The molecule has 2 unspecified atom stereocenters. The summed E-state index contributed by atoms with van der Waals surface area (Å²) in [6.07, 6.45) is 0.256. The molecule has 0 aliphatic carbocycles. The summed E-state index contributed by atoms with van der Waals surface area (Å²) < 4.78 is 40.0. The summed E-state index contributed by atoms with van der Waals surface area (Å²) in [6.45, 7) is 0.843. The predicted octanol–water partition coefficient (Wildman–Crippen LogP) is 4.70. The van der Waals surface area contributed by atoms with Crippen LogP contribution in [0, 0.1) is 5.82 Å². The number of aromatic hydroxyl groups is 2. The molecule has 0 saturated carbocycles. The number of anilines is 1. The van der Waals surface area contributed by atoms with Gasteiger partial charge in [-0.15, -0.1) is 11.3 Å². The number of phenols is 2. The predicted molar refractivity (Wildman–Crippen MR) is 119 cm³/mol. The van der Waals surface area contributed by atoms with Gasteiger partial charge >= 0.3 is 5.97 Å². The van der Waals surface area contributed by atoms with Gasteiger partial charge < -0.3 is 24.4 Å². The molecule has 7 nitrogen and oxygen atoms in total. The van der Waals surface area contributed by atoms with Gasteiger partial charge in [-0.3, -0.25) is 0 Å². The molecule has 1 fully saturated rings. The van der Waals surface area contributed by atoms with Crippen LogP contribution >= 0.6 is 22.9 Å². The summed E-state index contributed by atoms with van der Waals surface area (Å²) in [4.78, 5) is 12.2. The summed E-state index contributed by atoms with van der Waals surface area (Å²) in [5, 5.41) is 20.2. The van der Waals surface area contributed by atoms with Crippen LogP contribution in [0.25, 0.3) is 11.1 Å². The van der Waals surface area contributed by atoms with Gasteiger partial charge in [-0.1, -0.05) is 11.6 Å². The van der Waals surface area contributed by atoms with Gasteiger partial charge in [-0.2, -0.15) is 0 Å². The Balaban J connectivity index is 1.49. The van der Waals surface area contributed by atoms with Crippen LogP contribution in [0.4, 0.5) is 10.1 Å². The smallest absolute Gasteiger partial charge is 0.342 e. The van der Waals surface area contributed by atoms with Crippen molar-refractivity contribution in [3.63, 3.8) is 0 Å². The molecule has 1 aliphatic heterocycles. The SMILES string of the molecule is O=C(OC1CCOC1)c1ccc(NS(=O)c2cc(-c3cc(F)ccc3O)c(Cl)s2)cc1O. The summed E-state index contributed by atoms with van der Waals surface area (Å²) in [5.74, 6) is -1.70. The maximum absolute atomic E-state index is 13.6. The van der Waals surface area contributed by atoms with Crippen molar-refractivity contribution in [3.8, 4) is 22.6 Å². The van der Waals surface area contributed by atoms with Crippen molar-refractivity contribution in [1.29, 1.82) is 0 Å². The number of benzene rings is 2. The maximum Gasteiger partial charge on any atom is 0.342 e. The number of rotatable bonds is 6.